The molecule has 2 heterocycles. The molecule has 0 aliphatic carbocycles. The van der Waals surface area contributed by atoms with E-state index in [9.17, 15) is 0 Å². The molecule has 0 saturated heterocycles. The third-order valence-electron chi connectivity index (χ3n) is 2.21. The van der Waals surface area contributed by atoms with Gasteiger partial charge in [-0.2, -0.15) is 5.10 Å². The maximum Gasteiger partial charge on any atom is 0.212 e. The fourth-order valence-corrected chi connectivity index (χ4v) is 2.27. The van der Waals surface area contributed by atoms with Crippen molar-refractivity contribution in [3.63, 3.8) is 0 Å². The third-order valence-corrected chi connectivity index (χ3v) is 3.05. The van der Waals surface area contributed by atoms with E-state index < -0.39 is 0 Å². The monoisotopic (exact) mass is 295 g/mol. The third kappa shape index (κ3) is 1.88. The van der Waals surface area contributed by atoms with Crippen LogP contribution in [-0.2, 0) is 0 Å². The number of halogens is 1. The molecule has 1 aromatic carbocycles. The van der Waals surface area contributed by atoms with Gasteiger partial charge < -0.3 is 0 Å². The predicted octanol–water partition coefficient (Wildman–Crippen LogP) is 3.34. The van der Waals surface area contributed by atoms with Crippen molar-refractivity contribution in [1.82, 2.24) is 14.6 Å². The van der Waals surface area contributed by atoms with Gasteiger partial charge in [-0.15, -0.1) is 17.0 Å². The van der Waals surface area contributed by atoms with E-state index in [2.05, 4.69) is 22.2 Å². The minimum atomic E-state index is 0. The van der Waals surface area contributed by atoms with Crippen LogP contribution in [0.5, 0.6) is 0 Å². The summed E-state index contributed by atoms with van der Waals surface area (Å²) in [6.07, 6.45) is 1.97. The molecule has 0 aliphatic rings. The van der Waals surface area contributed by atoms with E-state index in [-0.39, 0.29) is 17.0 Å². The van der Waals surface area contributed by atoms with Crippen LogP contribution in [0, 0.1) is 6.92 Å². The number of aromatic nitrogens is 3. The van der Waals surface area contributed by atoms with Crippen LogP contribution in [0.3, 0.4) is 0 Å². The van der Waals surface area contributed by atoms with Crippen molar-refractivity contribution in [2.45, 2.75) is 6.92 Å². The molecule has 0 N–H and O–H groups in total. The highest BCUT2D eigenvalue weighted by Gasteiger charge is 2.06. The summed E-state index contributed by atoms with van der Waals surface area (Å²) in [5.41, 5.74) is 2.11. The summed E-state index contributed by atoms with van der Waals surface area (Å²) in [6, 6.07) is 10.1. The van der Waals surface area contributed by atoms with Crippen LogP contribution >= 0.6 is 28.3 Å². The van der Waals surface area contributed by atoms with Crippen LogP contribution in [0.1, 0.15) is 5.01 Å². The minimum Gasteiger partial charge on any atom is -0.217 e. The lowest BCUT2D eigenvalue weighted by Crippen LogP contribution is -1.80. The number of hydrogen-bond donors (Lipinski definition) is 0. The zero-order valence-corrected chi connectivity index (χ0v) is 11.2. The first-order valence-electron chi connectivity index (χ1n) is 4.71. The maximum atomic E-state index is 4.52. The highest BCUT2D eigenvalue weighted by atomic mass is 79.9. The van der Waals surface area contributed by atoms with Crippen molar-refractivity contribution < 1.29 is 0 Å². The Balaban J connectivity index is 0.000000963. The van der Waals surface area contributed by atoms with Gasteiger partial charge in [-0.25, -0.2) is 9.50 Å². The van der Waals surface area contributed by atoms with Crippen LogP contribution < -0.4 is 0 Å². The fourth-order valence-electron chi connectivity index (χ4n) is 1.55. The molecule has 0 radical (unpaired) electrons. The van der Waals surface area contributed by atoms with Crippen molar-refractivity contribution >= 4 is 33.3 Å². The summed E-state index contributed by atoms with van der Waals surface area (Å²) in [5.74, 6) is 0. The molecule has 0 spiro atoms. The van der Waals surface area contributed by atoms with Crippen LogP contribution in [0.4, 0.5) is 0 Å². The number of fused-ring (bicyclic) bond motifs is 1. The van der Waals surface area contributed by atoms with Crippen molar-refractivity contribution in [3.8, 4) is 11.3 Å². The molecule has 5 heteroatoms. The second kappa shape index (κ2) is 4.35. The largest absolute Gasteiger partial charge is 0.217 e. The van der Waals surface area contributed by atoms with Gasteiger partial charge in [0, 0.05) is 5.56 Å². The molecule has 0 bridgehead atoms. The lowest BCUT2D eigenvalue weighted by molar-refractivity contribution is 0.946. The molecule has 0 unspecified atom stereocenters. The summed E-state index contributed by atoms with van der Waals surface area (Å²) in [7, 11) is 0. The van der Waals surface area contributed by atoms with Gasteiger partial charge in [0.15, 0.2) is 0 Å². The minimum absolute atomic E-state index is 0. The van der Waals surface area contributed by atoms with Crippen molar-refractivity contribution in [2.75, 3.05) is 0 Å². The number of benzene rings is 1. The van der Waals surface area contributed by atoms with Gasteiger partial charge >= 0.3 is 0 Å². The van der Waals surface area contributed by atoms with E-state index in [4.69, 9.17) is 0 Å². The molecule has 3 rings (SSSR count). The number of aryl methyl sites for hydroxylation is 1. The van der Waals surface area contributed by atoms with Crippen molar-refractivity contribution in [1.29, 1.82) is 0 Å². The molecular formula is C11H10BrN3S. The summed E-state index contributed by atoms with van der Waals surface area (Å²) in [5, 5.41) is 5.37. The van der Waals surface area contributed by atoms with E-state index in [1.165, 1.54) is 0 Å². The first-order chi connectivity index (χ1) is 7.33. The van der Waals surface area contributed by atoms with E-state index in [0.717, 1.165) is 21.2 Å². The molecule has 3 aromatic rings. The van der Waals surface area contributed by atoms with E-state index in [1.807, 2.05) is 35.8 Å². The standard InChI is InChI=1S/C11H9N3S.BrH/c1-8-13-14-7-10(12-11(14)15-8)9-5-3-2-4-6-9;/h2-7H,1H3;1H. The lowest BCUT2D eigenvalue weighted by atomic mass is 10.2. The van der Waals surface area contributed by atoms with E-state index in [0.29, 0.717) is 0 Å². The fraction of sp³-hybridized carbons (Fsp3) is 0.0909. The molecule has 16 heavy (non-hydrogen) atoms. The van der Waals surface area contributed by atoms with E-state index >= 15 is 0 Å². The summed E-state index contributed by atoms with van der Waals surface area (Å²) >= 11 is 1.61. The number of imidazole rings is 1. The van der Waals surface area contributed by atoms with Crippen LogP contribution in [0.2, 0.25) is 0 Å². The van der Waals surface area contributed by atoms with Gasteiger partial charge in [0.2, 0.25) is 4.96 Å². The zero-order chi connectivity index (χ0) is 10.3. The van der Waals surface area contributed by atoms with Gasteiger partial charge in [-0.05, 0) is 6.92 Å². The molecule has 0 fully saturated rings. The highest BCUT2D eigenvalue weighted by molar-refractivity contribution is 8.93. The first-order valence-corrected chi connectivity index (χ1v) is 5.53. The molecule has 82 valence electrons. The smallest absolute Gasteiger partial charge is 0.212 e. The van der Waals surface area contributed by atoms with Crippen LogP contribution in [0.25, 0.3) is 16.2 Å². The van der Waals surface area contributed by atoms with Crippen LogP contribution in [0.15, 0.2) is 36.5 Å². The Kier molecular flexibility index (Phi) is 3.07. The number of hydrogen-bond acceptors (Lipinski definition) is 3. The van der Waals surface area contributed by atoms with Crippen molar-refractivity contribution in [2.24, 2.45) is 0 Å². The highest BCUT2D eigenvalue weighted by Crippen LogP contribution is 2.21. The Morgan fingerprint density at radius 1 is 1.19 bits per heavy atom. The number of rotatable bonds is 1. The molecule has 0 atom stereocenters. The molecule has 3 nitrogen and oxygen atoms in total. The zero-order valence-electron chi connectivity index (χ0n) is 8.62. The Labute approximate surface area is 108 Å². The van der Waals surface area contributed by atoms with Gasteiger partial charge in [0.05, 0.1) is 11.9 Å². The lowest BCUT2D eigenvalue weighted by Gasteiger charge is -1.92. The molecular weight excluding hydrogens is 286 g/mol. The van der Waals surface area contributed by atoms with Gasteiger partial charge in [0.25, 0.3) is 0 Å². The maximum absolute atomic E-state index is 4.52. The summed E-state index contributed by atoms with van der Waals surface area (Å²) in [4.78, 5) is 5.47. The normalized spacial score (nSPS) is 10.3. The quantitative estimate of drug-likeness (QED) is 0.689. The van der Waals surface area contributed by atoms with Crippen LogP contribution in [-0.4, -0.2) is 14.6 Å². The van der Waals surface area contributed by atoms with E-state index in [1.54, 1.807) is 11.3 Å². The molecule has 0 saturated carbocycles. The molecule has 0 amide bonds. The Bertz CT molecular complexity index is 569. The van der Waals surface area contributed by atoms with Gasteiger partial charge in [0.1, 0.15) is 5.01 Å². The summed E-state index contributed by atoms with van der Waals surface area (Å²) in [6.45, 7) is 1.99. The average molecular weight is 296 g/mol. The van der Waals surface area contributed by atoms with Gasteiger partial charge in [-0.3, -0.25) is 0 Å². The average Bonchev–Trinajstić information content (AvgIpc) is 2.76. The molecule has 2 aromatic heterocycles. The SMILES string of the molecule is Br.Cc1nn2cc(-c3ccccc3)nc2s1. The second-order valence-corrected chi connectivity index (χ2v) is 4.50. The topological polar surface area (TPSA) is 30.2 Å². The number of nitrogens with zero attached hydrogens (tertiary/aromatic N) is 3. The summed E-state index contributed by atoms with van der Waals surface area (Å²) < 4.78 is 1.84. The Morgan fingerprint density at radius 3 is 2.62 bits per heavy atom. The van der Waals surface area contributed by atoms with Gasteiger partial charge in [-0.1, -0.05) is 41.7 Å². The van der Waals surface area contributed by atoms with Crippen molar-refractivity contribution in [3.05, 3.63) is 41.5 Å². The second-order valence-electron chi connectivity index (χ2n) is 3.34. The molecule has 0 aliphatic heterocycles. The Morgan fingerprint density at radius 2 is 1.94 bits per heavy atom. The first kappa shape index (κ1) is 11.3. The predicted molar refractivity (Wildman–Crippen MR) is 71.4 cm³/mol. The Hall–Kier alpha value is -1.20.